The fourth-order valence-electron chi connectivity index (χ4n) is 3.59. The minimum Gasteiger partial charge on any atom is -0.390 e. The van der Waals surface area contributed by atoms with Crippen LogP contribution < -0.4 is 9.49 Å². The number of allylic oxidation sites excluding steroid dienone is 1. The van der Waals surface area contributed by atoms with Gasteiger partial charge in [-0.05, 0) is 19.1 Å². The molecule has 0 saturated carbocycles. The third-order valence-electron chi connectivity index (χ3n) is 4.99. The fraction of sp³-hybridized carbons (Fsp3) is 0.200. The van der Waals surface area contributed by atoms with Gasteiger partial charge in [0, 0.05) is 17.8 Å². The summed E-state index contributed by atoms with van der Waals surface area (Å²) in [6, 6.07) is 18.7. The number of anilines is 1. The minimum absolute atomic E-state index is 0.234. The van der Waals surface area contributed by atoms with E-state index in [1.807, 2.05) is 79.6 Å². The lowest BCUT2D eigenvalue weighted by molar-refractivity contribution is -0.148. The zero-order valence-corrected chi connectivity index (χ0v) is 14.6. The Bertz CT molecular complexity index is 882. The highest BCUT2D eigenvalue weighted by molar-refractivity contribution is 5.98. The third kappa shape index (κ3) is 2.23. The molecule has 2 aromatic carbocycles. The number of cyclic esters (lactones) is 1. The Kier molecular flexibility index (Phi) is 3.77. The van der Waals surface area contributed by atoms with Crippen molar-refractivity contribution in [2.24, 2.45) is 0 Å². The predicted octanol–water partition coefficient (Wildman–Crippen LogP) is 3.07. The Morgan fingerprint density at radius 1 is 1.04 bits per heavy atom. The van der Waals surface area contributed by atoms with E-state index in [9.17, 15) is 9.59 Å². The summed E-state index contributed by atoms with van der Waals surface area (Å²) in [5.74, 6) is -0.246. The average molecular weight is 349 g/mol. The van der Waals surface area contributed by atoms with Crippen molar-refractivity contribution in [3.63, 3.8) is 0 Å². The lowest BCUT2D eigenvalue weighted by Gasteiger charge is -2.40. The highest BCUT2D eigenvalue weighted by Crippen LogP contribution is 2.38. The van der Waals surface area contributed by atoms with E-state index in [0.717, 1.165) is 11.4 Å². The number of benzene rings is 2. The fourth-order valence-corrected chi connectivity index (χ4v) is 3.59. The molecule has 2 heterocycles. The molecule has 0 N–H and O–H groups in total. The van der Waals surface area contributed by atoms with Crippen molar-refractivity contribution in [3.8, 4) is 0 Å². The van der Waals surface area contributed by atoms with Crippen molar-refractivity contribution in [1.29, 1.82) is 0 Å². The van der Waals surface area contributed by atoms with Gasteiger partial charge in [0.05, 0.1) is 12.7 Å². The van der Waals surface area contributed by atoms with Gasteiger partial charge in [-0.25, -0.2) is 14.6 Å². The van der Waals surface area contributed by atoms with Gasteiger partial charge < -0.3 is 4.74 Å². The molecule has 2 aliphatic heterocycles. The first-order valence-electron chi connectivity index (χ1n) is 8.42. The summed E-state index contributed by atoms with van der Waals surface area (Å²) < 4.78 is 5.47. The van der Waals surface area contributed by atoms with Crippen molar-refractivity contribution >= 4 is 23.4 Å². The van der Waals surface area contributed by atoms with Gasteiger partial charge in [0.2, 0.25) is 0 Å². The monoisotopic (exact) mass is 349 g/mol. The number of quaternary nitrogens is 1. The summed E-state index contributed by atoms with van der Waals surface area (Å²) in [7, 11) is 1.82. The second kappa shape index (κ2) is 6.00. The molecular weight excluding hydrogens is 330 g/mol. The number of ether oxygens (including phenoxy) is 1. The summed E-state index contributed by atoms with van der Waals surface area (Å²) >= 11 is 0. The van der Waals surface area contributed by atoms with Gasteiger partial charge in [-0.1, -0.05) is 41.0 Å². The minimum atomic E-state index is -0.701. The predicted molar refractivity (Wildman–Crippen MR) is 97.5 cm³/mol. The van der Waals surface area contributed by atoms with Gasteiger partial charge in [-0.3, -0.25) is 4.90 Å². The number of hydrogen-bond acceptors (Lipinski definition) is 4. The van der Waals surface area contributed by atoms with E-state index < -0.39 is 12.3 Å². The van der Waals surface area contributed by atoms with E-state index in [1.54, 1.807) is 4.90 Å². The van der Waals surface area contributed by atoms with E-state index in [0.29, 0.717) is 5.70 Å². The number of carbonyl (C=O) groups is 2. The van der Waals surface area contributed by atoms with Crippen LogP contribution in [-0.2, 0) is 9.53 Å². The maximum atomic E-state index is 13.0. The second-order valence-corrected chi connectivity index (χ2v) is 6.34. The van der Waals surface area contributed by atoms with Crippen molar-refractivity contribution in [3.05, 3.63) is 72.4 Å². The molecule has 1 saturated heterocycles. The van der Waals surface area contributed by atoms with Crippen LogP contribution >= 0.6 is 0 Å². The highest BCUT2D eigenvalue weighted by Gasteiger charge is 2.59. The Hall–Kier alpha value is -3.12. The van der Waals surface area contributed by atoms with Crippen LogP contribution in [-0.4, -0.2) is 36.8 Å². The molecule has 1 radical (unpaired) electrons. The normalized spacial score (nSPS) is 25.5. The van der Waals surface area contributed by atoms with Crippen LogP contribution in [0.1, 0.15) is 6.92 Å². The highest BCUT2D eigenvalue weighted by atomic mass is 16.6. The van der Waals surface area contributed by atoms with Crippen LogP contribution in [0.5, 0.6) is 0 Å². The summed E-state index contributed by atoms with van der Waals surface area (Å²) in [4.78, 5) is 27.1. The summed E-state index contributed by atoms with van der Waals surface area (Å²) in [6.45, 7) is 2.09. The van der Waals surface area contributed by atoms with Crippen LogP contribution in [0, 0.1) is 6.08 Å². The van der Waals surface area contributed by atoms with Crippen LogP contribution in [0.4, 0.5) is 16.2 Å². The molecule has 0 spiro atoms. The summed E-state index contributed by atoms with van der Waals surface area (Å²) in [5, 5.41) is 1.81. The van der Waals surface area contributed by atoms with Crippen LogP contribution in [0.15, 0.2) is 66.4 Å². The molecule has 2 aliphatic rings. The quantitative estimate of drug-likeness (QED) is 0.799. The smallest absolute Gasteiger partial charge is 0.390 e. The van der Waals surface area contributed by atoms with Crippen molar-refractivity contribution in [1.82, 2.24) is 9.60 Å². The van der Waals surface area contributed by atoms with E-state index >= 15 is 0 Å². The molecule has 1 fully saturated rings. The first-order chi connectivity index (χ1) is 12.5. The Balaban J connectivity index is 1.78. The van der Waals surface area contributed by atoms with Gasteiger partial charge in [-0.15, -0.1) is 0 Å². The standard InChI is InChI=1S/C20H19N3O3/c1-15-13-18(24)23(21(15)2,17-11-7-4-8-12-17)19-14-22(20(25)26-19)16-9-5-3-6-10-16/h3-12,19H,14H2,1-2H3/q+1. The van der Waals surface area contributed by atoms with E-state index in [1.165, 1.54) is 0 Å². The molecule has 0 aromatic heterocycles. The average Bonchev–Trinajstić information content (AvgIpc) is 3.15. The Morgan fingerprint density at radius 2 is 1.65 bits per heavy atom. The summed E-state index contributed by atoms with van der Waals surface area (Å²) in [6.07, 6.45) is 1.71. The SMILES string of the molecule is CC1=[C]C(=O)[N+](c2ccccc2)(C2CN(c3ccccc3)C(=O)O2)N1C. The first kappa shape index (κ1) is 16.4. The molecule has 26 heavy (non-hydrogen) atoms. The molecule has 2 aromatic rings. The number of carbonyl (C=O) groups excluding carboxylic acids is 2. The first-order valence-corrected chi connectivity index (χ1v) is 8.42. The third-order valence-corrected chi connectivity index (χ3v) is 4.99. The number of para-hydroxylation sites is 2. The summed E-state index contributed by atoms with van der Waals surface area (Å²) in [5.41, 5.74) is 2.18. The largest absolute Gasteiger partial charge is 0.419 e. The van der Waals surface area contributed by atoms with Gasteiger partial charge in [0.15, 0.2) is 5.69 Å². The number of amides is 2. The molecule has 6 heteroatoms. The van der Waals surface area contributed by atoms with Gasteiger partial charge in [-0.2, -0.15) is 0 Å². The second-order valence-electron chi connectivity index (χ2n) is 6.34. The lowest BCUT2D eigenvalue weighted by Crippen LogP contribution is -2.66. The Labute approximate surface area is 152 Å². The molecule has 4 rings (SSSR count). The molecule has 6 nitrogen and oxygen atoms in total. The van der Waals surface area contributed by atoms with Crippen LogP contribution in [0.25, 0.3) is 0 Å². The van der Waals surface area contributed by atoms with Crippen LogP contribution in [0.3, 0.4) is 0 Å². The number of nitrogens with zero attached hydrogens (tertiary/aromatic N) is 3. The molecule has 2 unspecified atom stereocenters. The van der Waals surface area contributed by atoms with E-state index in [-0.39, 0.29) is 17.0 Å². The maximum Gasteiger partial charge on any atom is 0.419 e. The van der Waals surface area contributed by atoms with Gasteiger partial charge in [0.1, 0.15) is 12.6 Å². The van der Waals surface area contributed by atoms with Crippen molar-refractivity contribution < 1.29 is 14.3 Å². The van der Waals surface area contributed by atoms with E-state index in [2.05, 4.69) is 6.08 Å². The zero-order chi connectivity index (χ0) is 18.3. The van der Waals surface area contributed by atoms with Crippen LogP contribution in [0.2, 0.25) is 0 Å². The van der Waals surface area contributed by atoms with Gasteiger partial charge in [0.25, 0.3) is 6.23 Å². The zero-order valence-electron chi connectivity index (χ0n) is 14.6. The van der Waals surface area contributed by atoms with E-state index in [4.69, 9.17) is 4.74 Å². The van der Waals surface area contributed by atoms with Crippen molar-refractivity contribution in [2.75, 3.05) is 18.5 Å². The molecule has 2 atom stereocenters. The maximum absolute atomic E-state index is 13.0. The Morgan fingerprint density at radius 3 is 2.23 bits per heavy atom. The molecule has 0 bridgehead atoms. The molecule has 2 amide bonds. The number of hydrogen-bond donors (Lipinski definition) is 0. The molecular formula is C20H19N3O3+. The topological polar surface area (TPSA) is 49.9 Å². The number of rotatable bonds is 3. The van der Waals surface area contributed by atoms with Gasteiger partial charge >= 0.3 is 12.0 Å². The lowest BCUT2D eigenvalue weighted by atomic mass is 10.2. The molecule has 0 aliphatic carbocycles. The molecule has 131 valence electrons. The van der Waals surface area contributed by atoms with Crippen molar-refractivity contribution in [2.45, 2.75) is 13.2 Å².